The molecule has 0 aromatic heterocycles. The fourth-order valence-corrected chi connectivity index (χ4v) is 1.85. The normalized spacial score (nSPS) is 22.9. The van der Waals surface area contributed by atoms with Crippen LogP contribution in [0.2, 0.25) is 0 Å². The first-order chi connectivity index (χ1) is 6.39. The van der Waals surface area contributed by atoms with Gasteiger partial charge in [0, 0.05) is 0 Å². The molecule has 2 nitrogen and oxygen atoms in total. The first-order valence-electron chi connectivity index (χ1n) is 5.79. The molecule has 0 aromatic carbocycles. The van der Waals surface area contributed by atoms with E-state index in [2.05, 4.69) is 17.3 Å². The average Bonchev–Trinajstić information content (AvgIpc) is 2.22. The van der Waals surface area contributed by atoms with Crippen molar-refractivity contribution in [2.45, 2.75) is 46.0 Å². The van der Waals surface area contributed by atoms with Crippen LogP contribution in [0.25, 0.3) is 0 Å². The number of nitrogens with one attached hydrogen (secondary N) is 1. The van der Waals surface area contributed by atoms with Gasteiger partial charge in [-0.15, -0.1) is 0 Å². The third kappa shape index (κ3) is 7.34. The van der Waals surface area contributed by atoms with Crippen molar-refractivity contribution in [3.63, 3.8) is 0 Å². The van der Waals surface area contributed by atoms with Crippen LogP contribution in [0, 0.1) is 0 Å². The lowest BCUT2D eigenvalue weighted by Crippen LogP contribution is -2.24. The van der Waals surface area contributed by atoms with Gasteiger partial charge in [0.05, 0.1) is 0 Å². The van der Waals surface area contributed by atoms with Crippen molar-refractivity contribution < 1.29 is 0 Å². The van der Waals surface area contributed by atoms with E-state index in [4.69, 9.17) is 0 Å². The molecule has 0 aromatic rings. The first-order valence-corrected chi connectivity index (χ1v) is 5.79. The average molecular weight is 200 g/mol. The van der Waals surface area contributed by atoms with E-state index in [1.165, 1.54) is 64.7 Å². The third-order valence-electron chi connectivity index (χ3n) is 2.79. The minimum Gasteiger partial charge on any atom is -0.317 e. The number of likely N-dealkylation sites (tertiary alicyclic amines) is 1. The van der Waals surface area contributed by atoms with E-state index < -0.39 is 0 Å². The van der Waals surface area contributed by atoms with Crippen molar-refractivity contribution in [2.24, 2.45) is 0 Å². The highest BCUT2D eigenvalue weighted by molar-refractivity contribution is 4.58. The maximum atomic E-state index is 3.28. The number of nitrogens with zero attached hydrogens (tertiary/aromatic N) is 1. The highest BCUT2D eigenvalue weighted by Gasteiger charge is 2.02. The van der Waals surface area contributed by atoms with Gasteiger partial charge in [0.2, 0.25) is 0 Å². The third-order valence-corrected chi connectivity index (χ3v) is 2.79. The monoisotopic (exact) mass is 200 g/mol. The molecule has 0 unspecified atom stereocenters. The quantitative estimate of drug-likeness (QED) is 0.646. The molecule has 2 heterocycles. The molecule has 2 rings (SSSR count). The van der Waals surface area contributed by atoms with Crippen molar-refractivity contribution in [1.29, 1.82) is 0 Å². The fraction of sp³-hybridized carbons (Fsp3) is 1.00. The summed E-state index contributed by atoms with van der Waals surface area (Å²) < 4.78 is 0. The minimum absolute atomic E-state index is 0. The Balaban J connectivity index is 0.000000227. The summed E-state index contributed by atoms with van der Waals surface area (Å²) in [5, 5.41) is 3.28. The Hall–Kier alpha value is -0.0800. The molecule has 0 radical (unpaired) electrons. The fourth-order valence-electron chi connectivity index (χ4n) is 1.85. The molecule has 86 valence electrons. The van der Waals surface area contributed by atoms with Crippen LogP contribution < -0.4 is 5.32 Å². The van der Waals surface area contributed by atoms with E-state index in [-0.39, 0.29) is 7.43 Å². The van der Waals surface area contributed by atoms with E-state index in [9.17, 15) is 0 Å². The van der Waals surface area contributed by atoms with Crippen LogP contribution in [0.5, 0.6) is 0 Å². The molecule has 0 aliphatic carbocycles. The molecule has 0 saturated carbocycles. The molecular weight excluding hydrogens is 172 g/mol. The number of piperidine rings is 2. The molecule has 2 saturated heterocycles. The summed E-state index contributed by atoms with van der Waals surface area (Å²) in [5.74, 6) is 0. The van der Waals surface area contributed by atoms with Gasteiger partial charge in [0.15, 0.2) is 0 Å². The van der Waals surface area contributed by atoms with Crippen molar-refractivity contribution in [3.8, 4) is 0 Å². The summed E-state index contributed by atoms with van der Waals surface area (Å²) in [6.07, 6.45) is 8.49. The SMILES string of the molecule is C.C1CCNCC1.CN1CCCCC1. The van der Waals surface area contributed by atoms with E-state index >= 15 is 0 Å². The van der Waals surface area contributed by atoms with Crippen LogP contribution in [0.4, 0.5) is 0 Å². The maximum absolute atomic E-state index is 3.28. The Morgan fingerprint density at radius 1 is 0.786 bits per heavy atom. The topological polar surface area (TPSA) is 15.3 Å². The molecule has 1 N–H and O–H groups in total. The standard InChI is InChI=1S/C6H13N.C5H11N.CH4/c1-7-5-3-2-4-6-7;1-2-4-6-5-3-1;/h2-6H2,1H3;6H,1-5H2;1H4. The van der Waals surface area contributed by atoms with Crippen LogP contribution in [0.3, 0.4) is 0 Å². The lowest BCUT2D eigenvalue weighted by molar-refractivity contribution is 0.277. The molecular formula is C12H28N2. The molecule has 0 spiro atoms. The second-order valence-electron chi connectivity index (χ2n) is 4.17. The van der Waals surface area contributed by atoms with Gasteiger partial charge in [0.25, 0.3) is 0 Å². The van der Waals surface area contributed by atoms with Gasteiger partial charge < -0.3 is 10.2 Å². The second-order valence-corrected chi connectivity index (χ2v) is 4.17. The van der Waals surface area contributed by atoms with Gasteiger partial charge in [-0.1, -0.05) is 20.3 Å². The summed E-state index contributed by atoms with van der Waals surface area (Å²) in [4.78, 5) is 2.39. The Labute approximate surface area is 90.1 Å². The minimum atomic E-state index is 0. The molecule has 0 atom stereocenters. The molecule has 14 heavy (non-hydrogen) atoms. The zero-order valence-corrected chi connectivity index (χ0v) is 9.02. The highest BCUT2D eigenvalue weighted by Crippen LogP contribution is 2.04. The largest absolute Gasteiger partial charge is 0.317 e. The lowest BCUT2D eigenvalue weighted by atomic mass is 10.1. The lowest BCUT2D eigenvalue weighted by Gasteiger charge is -2.20. The van der Waals surface area contributed by atoms with E-state index in [0.717, 1.165) is 0 Å². The summed E-state index contributed by atoms with van der Waals surface area (Å²) in [6, 6.07) is 0. The summed E-state index contributed by atoms with van der Waals surface area (Å²) in [7, 11) is 2.19. The zero-order valence-electron chi connectivity index (χ0n) is 9.02. The van der Waals surface area contributed by atoms with Gasteiger partial charge in [0.1, 0.15) is 0 Å². The Bertz CT molecular complexity index is 93.4. The van der Waals surface area contributed by atoms with Gasteiger partial charge in [-0.05, 0) is 58.9 Å². The highest BCUT2D eigenvalue weighted by atomic mass is 15.1. The van der Waals surface area contributed by atoms with Crippen LogP contribution in [0.15, 0.2) is 0 Å². The molecule has 2 aliphatic rings. The van der Waals surface area contributed by atoms with Gasteiger partial charge in [-0.25, -0.2) is 0 Å². The van der Waals surface area contributed by atoms with E-state index in [0.29, 0.717) is 0 Å². The van der Waals surface area contributed by atoms with Crippen molar-refractivity contribution >= 4 is 0 Å². The summed E-state index contributed by atoms with van der Waals surface area (Å²) in [5.41, 5.74) is 0. The van der Waals surface area contributed by atoms with E-state index in [1.807, 2.05) is 0 Å². The Morgan fingerprint density at radius 3 is 1.50 bits per heavy atom. The van der Waals surface area contributed by atoms with Crippen LogP contribution >= 0.6 is 0 Å². The molecule has 2 heteroatoms. The Kier molecular flexibility index (Phi) is 9.42. The van der Waals surface area contributed by atoms with Crippen LogP contribution in [0.1, 0.15) is 46.0 Å². The van der Waals surface area contributed by atoms with E-state index in [1.54, 1.807) is 0 Å². The number of hydrogen-bond acceptors (Lipinski definition) is 2. The summed E-state index contributed by atoms with van der Waals surface area (Å²) >= 11 is 0. The molecule has 0 bridgehead atoms. The molecule has 2 fully saturated rings. The molecule has 2 aliphatic heterocycles. The van der Waals surface area contributed by atoms with Gasteiger partial charge >= 0.3 is 0 Å². The summed E-state index contributed by atoms with van der Waals surface area (Å²) in [6.45, 7) is 5.14. The maximum Gasteiger partial charge on any atom is -0.00218 e. The Morgan fingerprint density at radius 2 is 1.29 bits per heavy atom. The van der Waals surface area contributed by atoms with Crippen molar-refractivity contribution in [2.75, 3.05) is 33.2 Å². The number of hydrogen-bond donors (Lipinski definition) is 1. The van der Waals surface area contributed by atoms with Gasteiger partial charge in [-0.3, -0.25) is 0 Å². The first kappa shape index (κ1) is 13.9. The van der Waals surface area contributed by atoms with Crippen molar-refractivity contribution in [1.82, 2.24) is 10.2 Å². The predicted molar refractivity (Wildman–Crippen MR) is 64.8 cm³/mol. The predicted octanol–water partition coefficient (Wildman–Crippen LogP) is 2.50. The second kappa shape index (κ2) is 9.47. The number of rotatable bonds is 0. The van der Waals surface area contributed by atoms with Crippen LogP contribution in [-0.4, -0.2) is 38.1 Å². The molecule has 0 amide bonds. The van der Waals surface area contributed by atoms with Gasteiger partial charge in [-0.2, -0.15) is 0 Å². The zero-order chi connectivity index (χ0) is 9.36. The van der Waals surface area contributed by atoms with Crippen LogP contribution in [-0.2, 0) is 0 Å². The van der Waals surface area contributed by atoms with Crippen molar-refractivity contribution in [3.05, 3.63) is 0 Å². The smallest absolute Gasteiger partial charge is 0.00218 e.